The molecule has 4 aromatic carbocycles. The van der Waals surface area contributed by atoms with E-state index in [2.05, 4.69) is 0 Å². The Morgan fingerprint density at radius 3 is 0.671 bits per heavy atom. The molecule has 0 aliphatic carbocycles. The normalized spacial score (nSPS) is 15.9. The van der Waals surface area contributed by atoms with Gasteiger partial charge in [0.25, 0.3) is 0 Å². The summed E-state index contributed by atoms with van der Waals surface area (Å²) < 4.78 is 313. The Morgan fingerprint density at radius 1 is 0.257 bits per heavy atom. The number of oxazole rings is 2. The monoisotopic (exact) mass is 1010 g/mol. The van der Waals surface area contributed by atoms with Crippen molar-refractivity contribution in [2.45, 2.75) is 0 Å². The first-order valence-electron chi connectivity index (χ1n) is 18.3. The minimum atomic E-state index is -2.85. The number of rotatable bonds is 4. The van der Waals surface area contributed by atoms with Crippen molar-refractivity contribution in [3.05, 3.63) is 228 Å². The van der Waals surface area contributed by atoms with Crippen LogP contribution >= 0.6 is 0 Å². The van der Waals surface area contributed by atoms with Gasteiger partial charge in [-0.3, -0.25) is 0 Å². The van der Waals surface area contributed by atoms with E-state index in [4.69, 9.17) is 8.83 Å². The summed E-state index contributed by atoms with van der Waals surface area (Å²) in [5, 5.41) is -3.29. The first-order valence-corrected chi connectivity index (χ1v) is 18.3. The van der Waals surface area contributed by atoms with E-state index in [1.165, 1.54) is 0 Å². The molecule has 360 valence electrons. The van der Waals surface area contributed by atoms with Crippen molar-refractivity contribution in [1.29, 1.82) is 0 Å². The number of aromatic nitrogens is 4. The molecule has 28 heteroatoms. The molecule has 0 saturated heterocycles. The van der Waals surface area contributed by atoms with Gasteiger partial charge in [-0.25, -0.2) is 97.4 Å². The lowest BCUT2D eigenvalue weighted by molar-refractivity contribution is 0.375. The molecule has 0 spiro atoms. The summed E-state index contributed by atoms with van der Waals surface area (Å²) in [6.45, 7) is 0. The number of benzene rings is 4. The van der Waals surface area contributed by atoms with Crippen LogP contribution in [0.25, 0.3) is 22.3 Å². The van der Waals surface area contributed by atoms with Crippen molar-refractivity contribution in [3.63, 3.8) is 0 Å². The zero-order chi connectivity index (χ0) is 51.0. The molecule has 0 atom stereocenters. The quantitative estimate of drug-likeness (QED) is 0.0863. The summed E-state index contributed by atoms with van der Waals surface area (Å²) in [6, 6.07) is 1.53. The summed E-state index contributed by atoms with van der Waals surface area (Å²) in [4.78, 5) is 35.1. The van der Waals surface area contributed by atoms with Crippen LogP contribution in [-0.2, 0) is 0 Å². The molecule has 0 unspecified atom stereocenters. The fourth-order valence-electron chi connectivity index (χ4n) is 7.42. The van der Waals surface area contributed by atoms with Gasteiger partial charge in [0, 0.05) is 22.5 Å². The largest absolute Gasteiger partial charge is 0.404 e. The molecule has 4 aromatic heterocycles. The fraction of sp³-hybridized carbons (Fsp3) is 0. The standard InChI is InChI=1S/C42H8F20N4O4/c43-17-13(18(44)26(52)33(59)25(17)51)9-5-1-3-7(63-5)11(15-21(47)29(55)35(61)30(56)22(15)48)39-66-38(42(68)69-39)10(14-19(45)27(53)34(60)28(54)20(14)46)6-2-4-8(64-6)12(40-65-37(9)41(67)70-40)16-23(49)31(57)36(62)32(58)24(16)50/h1-4,63-66H/b37-9+,38-10+,39-11-,40-12-. The molecule has 5 heterocycles. The van der Waals surface area contributed by atoms with Gasteiger partial charge in [0.05, 0.1) is 44.8 Å². The van der Waals surface area contributed by atoms with Crippen LogP contribution in [0.1, 0.15) is 45.0 Å². The van der Waals surface area contributed by atoms with E-state index in [0.717, 1.165) is 0 Å². The summed E-state index contributed by atoms with van der Waals surface area (Å²) in [6.07, 6.45) is 0. The van der Waals surface area contributed by atoms with E-state index in [9.17, 15) is 62.3 Å². The van der Waals surface area contributed by atoms with Crippen molar-refractivity contribution in [1.82, 2.24) is 19.9 Å². The summed E-state index contributed by atoms with van der Waals surface area (Å²) in [5.74, 6) is -56.0. The van der Waals surface area contributed by atoms with Crippen LogP contribution in [0.2, 0.25) is 0 Å². The Balaban J connectivity index is 1.60. The third-order valence-corrected chi connectivity index (χ3v) is 10.5. The smallest absolute Gasteiger partial charge is 0.362 e. The number of H-pyrrole nitrogens is 4. The molecule has 1 aliphatic rings. The van der Waals surface area contributed by atoms with Gasteiger partial charge in [0.1, 0.15) is 10.7 Å². The number of hydrogen-bond acceptors (Lipinski definition) is 4. The molecule has 0 saturated carbocycles. The topological polar surface area (TPSA) is 124 Å². The summed E-state index contributed by atoms with van der Waals surface area (Å²) in [7, 11) is 0. The number of fused-ring (bicyclic) bond motifs is 8. The van der Waals surface area contributed by atoms with Crippen LogP contribution in [0.5, 0.6) is 0 Å². The second-order valence-electron chi connectivity index (χ2n) is 14.3. The minimum absolute atomic E-state index is 0.382. The highest BCUT2D eigenvalue weighted by molar-refractivity contribution is 5.85. The van der Waals surface area contributed by atoms with Gasteiger partial charge >= 0.3 is 11.3 Å². The van der Waals surface area contributed by atoms with Gasteiger partial charge in [0.2, 0.25) is 34.4 Å². The molecular formula is C42H8F20N4O4. The number of halogens is 20. The molecular weight excluding hydrogens is 1000 g/mol. The maximum atomic E-state index is 15.8. The molecule has 1 aliphatic heterocycles. The van der Waals surface area contributed by atoms with Crippen molar-refractivity contribution >= 4 is 22.3 Å². The van der Waals surface area contributed by atoms with Crippen LogP contribution < -0.4 is 33.0 Å². The molecule has 8 nitrogen and oxygen atoms in total. The minimum Gasteiger partial charge on any atom is -0.404 e. The van der Waals surface area contributed by atoms with Crippen LogP contribution in [0, 0.1) is 116 Å². The van der Waals surface area contributed by atoms with E-state index in [1.807, 2.05) is 9.97 Å². The second kappa shape index (κ2) is 16.1. The van der Waals surface area contributed by atoms with Gasteiger partial charge in [-0.1, -0.05) is 0 Å². The van der Waals surface area contributed by atoms with Crippen molar-refractivity contribution in [2.24, 2.45) is 0 Å². The lowest BCUT2D eigenvalue weighted by Gasteiger charge is -2.12. The number of aromatic amines is 4. The van der Waals surface area contributed by atoms with Crippen LogP contribution in [-0.4, -0.2) is 19.9 Å². The van der Waals surface area contributed by atoms with Gasteiger partial charge < -0.3 is 28.8 Å². The van der Waals surface area contributed by atoms with Crippen molar-refractivity contribution in [3.8, 4) is 0 Å². The van der Waals surface area contributed by atoms with Gasteiger partial charge in [-0.15, -0.1) is 0 Å². The molecule has 4 N–H and O–H groups in total. The molecule has 0 amide bonds. The molecule has 0 radical (unpaired) electrons. The van der Waals surface area contributed by atoms with Crippen LogP contribution in [0.3, 0.4) is 0 Å². The first-order chi connectivity index (χ1) is 32.9. The Labute approximate surface area is 367 Å². The highest BCUT2D eigenvalue weighted by Gasteiger charge is 2.37. The predicted molar refractivity (Wildman–Crippen MR) is 190 cm³/mol. The van der Waals surface area contributed by atoms with Crippen molar-refractivity contribution in [2.75, 3.05) is 0 Å². The summed E-state index contributed by atoms with van der Waals surface area (Å²) in [5.41, 5.74) is -27.9. The lowest BCUT2D eigenvalue weighted by Crippen LogP contribution is -2.28. The number of hydrogen-bond donors (Lipinski definition) is 4. The van der Waals surface area contributed by atoms with Gasteiger partial charge in [-0.2, -0.15) is 0 Å². The van der Waals surface area contributed by atoms with Crippen LogP contribution in [0.15, 0.2) is 42.7 Å². The van der Waals surface area contributed by atoms with E-state index in [-0.39, 0.29) is 0 Å². The zero-order valence-corrected chi connectivity index (χ0v) is 32.5. The molecule has 8 aromatic rings. The highest BCUT2D eigenvalue weighted by Crippen LogP contribution is 2.37. The number of nitrogens with one attached hydrogen (secondary N) is 4. The Hall–Kier alpha value is -8.46. The summed E-state index contributed by atoms with van der Waals surface area (Å²) >= 11 is 0. The third-order valence-electron chi connectivity index (χ3n) is 10.5. The van der Waals surface area contributed by atoms with E-state index in [1.54, 1.807) is 9.97 Å². The first kappa shape index (κ1) is 46.6. The lowest BCUT2D eigenvalue weighted by atomic mass is 10.00. The van der Waals surface area contributed by atoms with Crippen LogP contribution in [0.4, 0.5) is 87.8 Å². The fourth-order valence-corrected chi connectivity index (χ4v) is 7.42. The molecule has 70 heavy (non-hydrogen) atoms. The Morgan fingerprint density at radius 2 is 0.443 bits per heavy atom. The van der Waals surface area contributed by atoms with E-state index in [0.29, 0.717) is 24.3 Å². The van der Waals surface area contributed by atoms with Gasteiger partial charge in [0.15, 0.2) is 93.1 Å². The molecule has 8 bridgehead atoms. The van der Waals surface area contributed by atoms with Crippen molar-refractivity contribution < 1.29 is 96.6 Å². The molecule has 0 fully saturated rings. The zero-order valence-electron chi connectivity index (χ0n) is 32.5. The Kier molecular flexibility index (Phi) is 10.7. The SMILES string of the molecule is O=c1o/c2[nH]/c1=C(/c1c(F)c(F)c(F)c(F)c1F)c1ccc([nH]1)/C(c1c(F)c(F)c(F)c(F)c1F)=c1\[nH]/c(c(=O)o1)=C(/c1c(F)c(F)c(F)c(F)c1F)c1ccc([nH]1)\C=2c1c(F)c(F)c(F)c(F)c1F. The average molecular weight is 1010 g/mol. The predicted octanol–water partition coefficient (Wildman–Crippen LogP) is 6.99. The van der Waals surface area contributed by atoms with Gasteiger partial charge in [-0.05, 0) is 24.3 Å². The third kappa shape index (κ3) is 6.47. The highest BCUT2D eigenvalue weighted by atomic mass is 19.2. The Bertz CT molecular complexity index is 3710. The van der Waals surface area contributed by atoms with E-state index >= 15 is 35.1 Å². The molecule has 9 rings (SSSR count). The van der Waals surface area contributed by atoms with E-state index < -0.39 is 217 Å². The second-order valence-corrected chi connectivity index (χ2v) is 14.3. The maximum Gasteiger partial charge on any atom is 0.362 e. The average Bonchev–Trinajstić information content (AvgIpc) is 4.17. The maximum absolute atomic E-state index is 15.8.